The largest absolute Gasteiger partial charge is 0.295 e. The van der Waals surface area contributed by atoms with Gasteiger partial charge in [0, 0.05) is 30.1 Å². The smallest absolute Gasteiger partial charge is 0.155 e. The molecule has 1 aliphatic rings. The maximum Gasteiger partial charge on any atom is 0.155 e. The number of hydrogen-bond acceptors (Lipinski definition) is 2. The third-order valence-electron chi connectivity index (χ3n) is 9.65. The van der Waals surface area contributed by atoms with E-state index in [2.05, 4.69) is 105 Å². The zero-order valence-corrected chi connectivity index (χ0v) is 30.0. The van der Waals surface area contributed by atoms with Gasteiger partial charge in [-0.2, -0.15) is 0 Å². The molecular weight excluding hydrogens is 534 g/mol. The number of hydrogen-bond donors (Lipinski definition) is 0. The number of nitrogens with zero attached hydrogens (tertiary/aromatic N) is 1. The highest BCUT2D eigenvalue weighted by atomic mass is 16.1. The SMILES string of the molecule is CCCC(=O)C=Cc1ccc(CCC)cc1.CCCC(C)(C)CCC(CC)c1ncc(C2CC=CC(CC)=C2C)c(C)c1C. The van der Waals surface area contributed by atoms with Gasteiger partial charge < -0.3 is 0 Å². The van der Waals surface area contributed by atoms with E-state index >= 15 is 0 Å². The van der Waals surface area contributed by atoms with E-state index in [4.69, 9.17) is 4.98 Å². The molecule has 3 rings (SSSR count). The van der Waals surface area contributed by atoms with E-state index in [0.717, 1.165) is 31.2 Å². The van der Waals surface area contributed by atoms with Gasteiger partial charge in [0.25, 0.3) is 0 Å². The van der Waals surface area contributed by atoms with Gasteiger partial charge >= 0.3 is 0 Å². The Kier molecular flexibility index (Phi) is 16.1. The van der Waals surface area contributed by atoms with Gasteiger partial charge in [-0.05, 0) is 117 Å². The fourth-order valence-corrected chi connectivity index (χ4v) is 6.64. The Morgan fingerprint density at radius 2 is 1.66 bits per heavy atom. The summed E-state index contributed by atoms with van der Waals surface area (Å²) in [6.07, 6.45) is 22.8. The number of carbonyl (C=O) groups excluding carboxylic acids is 1. The van der Waals surface area contributed by atoms with Gasteiger partial charge in [0.05, 0.1) is 0 Å². The van der Waals surface area contributed by atoms with Crippen LogP contribution in [0.5, 0.6) is 0 Å². The molecular formula is C42H63NO. The average molecular weight is 598 g/mol. The number of benzene rings is 1. The lowest BCUT2D eigenvalue weighted by molar-refractivity contribution is -0.114. The number of pyridine rings is 1. The summed E-state index contributed by atoms with van der Waals surface area (Å²) in [5, 5.41) is 0. The van der Waals surface area contributed by atoms with Crippen LogP contribution >= 0.6 is 0 Å². The van der Waals surface area contributed by atoms with Crippen molar-refractivity contribution in [1.82, 2.24) is 4.98 Å². The molecule has 2 unspecified atom stereocenters. The Bertz CT molecular complexity index is 1260. The number of carbonyl (C=O) groups is 1. The first-order valence-electron chi connectivity index (χ1n) is 17.6. The summed E-state index contributed by atoms with van der Waals surface area (Å²) in [7, 11) is 0. The van der Waals surface area contributed by atoms with Crippen LogP contribution in [0.2, 0.25) is 0 Å². The van der Waals surface area contributed by atoms with Crippen LogP contribution in [-0.4, -0.2) is 10.8 Å². The minimum atomic E-state index is 0.208. The van der Waals surface area contributed by atoms with Crippen molar-refractivity contribution in [3.8, 4) is 0 Å². The third-order valence-corrected chi connectivity index (χ3v) is 9.65. The van der Waals surface area contributed by atoms with Crippen molar-refractivity contribution >= 4 is 11.9 Å². The average Bonchev–Trinajstić information content (AvgIpc) is 3.00. The standard InChI is InChI=1S/C27H43N.C15H20O/c1-9-16-27(7,8)17-15-23(11-3)26-20(5)19(4)25(18-28-26)24-14-12-13-22(10-2)21(24)6;1-3-5-13-7-9-14(10-8-13)11-12-15(16)6-4-2/h12-13,18,23-24H,9-11,14-17H2,1-8H3;7-12H,3-6H2,1-2H3. The summed E-state index contributed by atoms with van der Waals surface area (Å²) in [5.41, 5.74) is 11.6. The second-order valence-corrected chi connectivity index (χ2v) is 13.7. The van der Waals surface area contributed by atoms with E-state index < -0.39 is 0 Å². The topological polar surface area (TPSA) is 30.0 Å². The minimum Gasteiger partial charge on any atom is -0.295 e. The number of aryl methyl sites for hydroxylation is 1. The molecule has 1 aliphatic carbocycles. The molecule has 242 valence electrons. The summed E-state index contributed by atoms with van der Waals surface area (Å²) in [6.45, 7) is 22.9. The van der Waals surface area contributed by atoms with Crippen molar-refractivity contribution in [2.45, 2.75) is 152 Å². The molecule has 0 radical (unpaired) electrons. The van der Waals surface area contributed by atoms with E-state index in [1.807, 2.05) is 13.0 Å². The number of rotatable bonds is 15. The van der Waals surface area contributed by atoms with Crippen LogP contribution in [0, 0.1) is 19.3 Å². The van der Waals surface area contributed by atoms with Crippen molar-refractivity contribution in [2.75, 3.05) is 0 Å². The van der Waals surface area contributed by atoms with Crippen molar-refractivity contribution in [2.24, 2.45) is 5.41 Å². The lowest BCUT2D eigenvalue weighted by Crippen LogP contribution is -2.15. The molecule has 0 saturated carbocycles. The lowest BCUT2D eigenvalue weighted by atomic mass is 9.78. The molecule has 2 heteroatoms. The van der Waals surface area contributed by atoms with Crippen molar-refractivity contribution in [3.05, 3.63) is 93.3 Å². The molecule has 2 nitrogen and oxygen atoms in total. The molecule has 0 bridgehead atoms. The summed E-state index contributed by atoms with van der Waals surface area (Å²) in [5.74, 6) is 1.29. The van der Waals surface area contributed by atoms with E-state index in [-0.39, 0.29) is 5.78 Å². The number of aromatic nitrogens is 1. The second-order valence-electron chi connectivity index (χ2n) is 13.7. The quantitative estimate of drug-likeness (QED) is 0.191. The molecule has 0 spiro atoms. The molecule has 0 aliphatic heterocycles. The first-order valence-corrected chi connectivity index (χ1v) is 17.6. The summed E-state index contributed by atoms with van der Waals surface area (Å²) in [4.78, 5) is 16.4. The van der Waals surface area contributed by atoms with Crippen molar-refractivity contribution in [3.63, 3.8) is 0 Å². The van der Waals surface area contributed by atoms with E-state index in [1.54, 1.807) is 6.08 Å². The first-order chi connectivity index (χ1) is 21.0. The van der Waals surface area contributed by atoms with Gasteiger partial charge in [0.1, 0.15) is 0 Å². The molecule has 1 heterocycles. The van der Waals surface area contributed by atoms with Gasteiger partial charge in [-0.15, -0.1) is 0 Å². The van der Waals surface area contributed by atoms with E-state index in [0.29, 0.717) is 23.7 Å². The summed E-state index contributed by atoms with van der Waals surface area (Å²) < 4.78 is 0. The van der Waals surface area contributed by atoms with Gasteiger partial charge in [0.2, 0.25) is 0 Å². The second kappa shape index (κ2) is 18.9. The maximum atomic E-state index is 11.3. The predicted molar refractivity (Wildman–Crippen MR) is 194 cm³/mol. The van der Waals surface area contributed by atoms with Crippen LogP contribution in [0.3, 0.4) is 0 Å². The molecule has 44 heavy (non-hydrogen) atoms. The van der Waals surface area contributed by atoms with E-state index in [9.17, 15) is 4.79 Å². The number of allylic oxidation sites excluding steroid dienone is 5. The molecule has 0 fully saturated rings. The van der Waals surface area contributed by atoms with Crippen molar-refractivity contribution in [1.29, 1.82) is 0 Å². The molecule has 0 saturated heterocycles. The highest BCUT2D eigenvalue weighted by Gasteiger charge is 2.25. The van der Waals surface area contributed by atoms with Crippen LogP contribution in [-0.2, 0) is 11.2 Å². The predicted octanol–water partition coefficient (Wildman–Crippen LogP) is 12.6. The molecule has 0 amide bonds. The molecule has 2 atom stereocenters. The highest BCUT2D eigenvalue weighted by molar-refractivity contribution is 5.93. The molecule has 2 aromatic rings. The van der Waals surface area contributed by atoms with Gasteiger partial charge in [-0.3, -0.25) is 9.78 Å². The highest BCUT2D eigenvalue weighted by Crippen LogP contribution is 2.39. The zero-order chi connectivity index (χ0) is 32.7. The Hall–Kier alpha value is -2.74. The van der Waals surface area contributed by atoms with Crippen LogP contribution in [0.4, 0.5) is 0 Å². The number of ketones is 1. The Labute approximate surface area is 271 Å². The van der Waals surface area contributed by atoms with Crippen molar-refractivity contribution < 1.29 is 4.79 Å². The fraction of sp³-hybridized carbons (Fsp3) is 0.571. The summed E-state index contributed by atoms with van der Waals surface area (Å²) in [6, 6.07) is 8.41. The molecule has 1 aromatic heterocycles. The van der Waals surface area contributed by atoms with Crippen LogP contribution in [0.1, 0.15) is 165 Å². The van der Waals surface area contributed by atoms with Gasteiger partial charge in [0.15, 0.2) is 5.78 Å². The zero-order valence-electron chi connectivity index (χ0n) is 30.0. The van der Waals surface area contributed by atoms with E-state index in [1.165, 1.54) is 77.6 Å². The molecule has 1 aromatic carbocycles. The minimum absolute atomic E-state index is 0.208. The maximum absolute atomic E-state index is 11.3. The van der Waals surface area contributed by atoms with Crippen LogP contribution in [0.25, 0.3) is 6.08 Å². The lowest BCUT2D eigenvalue weighted by Gasteiger charge is -2.29. The monoisotopic (exact) mass is 597 g/mol. The van der Waals surface area contributed by atoms with Gasteiger partial charge in [-0.1, -0.05) is 109 Å². The van der Waals surface area contributed by atoms with Crippen LogP contribution < -0.4 is 0 Å². The third kappa shape index (κ3) is 11.3. The van der Waals surface area contributed by atoms with Crippen LogP contribution in [0.15, 0.2) is 59.8 Å². The Morgan fingerprint density at radius 1 is 0.955 bits per heavy atom. The van der Waals surface area contributed by atoms with Gasteiger partial charge in [-0.25, -0.2) is 0 Å². The normalized spacial score (nSPS) is 15.8. The summed E-state index contributed by atoms with van der Waals surface area (Å²) >= 11 is 0. The first kappa shape index (κ1) is 37.4. The fourth-order valence-electron chi connectivity index (χ4n) is 6.64. The molecule has 0 N–H and O–H groups in total. The Balaban J connectivity index is 0.000000358. The Morgan fingerprint density at radius 3 is 2.25 bits per heavy atom.